The topological polar surface area (TPSA) is 63.0 Å². The van der Waals surface area contributed by atoms with Gasteiger partial charge in [-0.25, -0.2) is 20.1 Å². The molecule has 24 heavy (non-hydrogen) atoms. The van der Waals surface area contributed by atoms with E-state index in [0.717, 1.165) is 17.0 Å². The Morgan fingerprint density at radius 2 is 2.08 bits per heavy atom. The van der Waals surface area contributed by atoms with Gasteiger partial charge >= 0.3 is 6.09 Å². The van der Waals surface area contributed by atoms with E-state index < -0.39 is 29.4 Å². The van der Waals surface area contributed by atoms with Crippen molar-refractivity contribution in [3.05, 3.63) is 40.7 Å². The molecule has 0 radical (unpaired) electrons. The maximum atomic E-state index is 14.3. The Morgan fingerprint density at radius 1 is 1.46 bits per heavy atom. The summed E-state index contributed by atoms with van der Waals surface area (Å²) in [6.07, 6.45) is -0.476. The van der Waals surface area contributed by atoms with Crippen molar-refractivity contribution in [3.63, 3.8) is 0 Å². The summed E-state index contributed by atoms with van der Waals surface area (Å²) in [7, 11) is 0. The van der Waals surface area contributed by atoms with Crippen LogP contribution in [0.15, 0.2) is 12.1 Å². The highest BCUT2D eigenvalue weighted by Crippen LogP contribution is 2.51. The molecule has 6 nitrogen and oxygen atoms in total. The van der Waals surface area contributed by atoms with Gasteiger partial charge in [0.2, 0.25) is 5.91 Å². The van der Waals surface area contributed by atoms with Crippen LogP contribution in [0.1, 0.15) is 25.3 Å². The molecule has 1 aliphatic carbocycles. The van der Waals surface area contributed by atoms with Crippen LogP contribution in [0.2, 0.25) is 0 Å². The van der Waals surface area contributed by atoms with E-state index in [0.29, 0.717) is 12.8 Å². The minimum absolute atomic E-state index is 0.0323. The number of ether oxygens (including phenoxy) is 1. The first kappa shape index (κ1) is 16.2. The SMILES string of the molecule is [C-]#[N+]C1(c2c(F)cc(N3CC(CNC(C)=O)OC3=O)cc2F)CC1. The maximum absolute atomic E-state index is 14.3. The molecule has 0 bridgehead atoms. The van der Waals surface area contributed by atoms with Gasteiger partial charge in [-0.1, -0.05) is 0 Å². The van der Waals surface area contributed by atoms with Gasteiger partial charge in [0.05, 0.1) is 18.8 Å². The monoisotopic (exact) mass is 335 g/mol. The molecule has 1 N–H and O–H groups in total. The molecule has 1 saturated carbocycles. The second kappa shape index (κ2) is 5.74. The van der Waals surface area contributed by atoms with Gasteiger partial charge in [-0.2, -0.15) is 0 Å². The van der Waals surface area contributed by atoms with Gasteiger partial charge in [0, 0.05) is 19.8 Å². The Morgan fingerprint density at radius 3 is 2.58 bits per heavy atom. The molecule has 1 saturated heterocycles. The van der Waals surface area contributed by atoms with Crippen molar-refractivity contribution >= 4 is 17.7 Å². The predicted molar refractivity (Wildman–Crippen MR) is 80.2 cm³/mol. The first-order chi connectivity index (χ1) is 11.4. The smallest absolute Gasteiger partial charge is 0.414 e. The Balaban J connectivity index is 1.82. The van der Waals surface area contributed by atoms with Crippen molar-refractivity contribution in [2.45, 2.75) is 31.4 Å². The predicted octanol–water partition coefficient (Wildman–Crippen LogP) is 2.33. The van der Waals surface area contributed by atoms with Gasteiger partial charge in [0.1, 0.15) is 23.3 Å². The summed E-state index contributed by atoms with van der Waals surface area (Å²) < 4.78 is 33.8. The molecule has 8 heteroatoms. The summed E-state index contributed by atoms with van der Waals surface area (Å²) in [6, 6.07) is 2.09. The first-order valence-corrected chi connectivity index (χ1v) is 7.47. The lowest BCUT2D eigenvalue weighted by Gasteiger charge is -2.15. The fraction of sp³-hybridized carbons (Fsp3) is 0.438. The quantitative estimate of drug-likeness (QED) is 0.859. The number of halogens is 2. The van der Waals surface area contributed by atoms with E-state index in [9.17, 15) is 18.4 Å². The maximum Gasteiger partial charge on any atom is 0.414 e. The van der Waals surface area contributed by atoms with Crippen LogP contribution >= 0.6 is 0 Å². The third-order valence-electron chi connectivity index (χ3n) is 4.19. The molecular weight excluding hydrogens is 320 g/mol. The molecule has 2 amide bonds. The molecule has 1 aliphatic heterocycles. The number of cyclic esters (lactones) is 1. The van der Waals surface area contributed by atoms with E-state index in [4.69, 9.17) is 11.3 Å². The molecule has 1 atom stereocenters. The fourth-order valence-electron chi connectivity index (χ4n) is 2.79. The van der Waals surface area contributed by atoms with Crippen molar-refractivity contribution in [2.24, 2.45) is 0 Å². The molecule has 1 unspecified atom stereocenters. The molecule has 1 aromatic carbocycles. The van der Waals surface area contributed by atoms with E-state index in [-0.39, 0.29) is 30.2 Å². The largest absolute Gasteiger partial charge is 0.442 e. The Labute approximate surface area is 137 Å². The molecule has 0 aromatic heterocycles. The number of carbonyl (C=O) groups excluding carboxylic acids is 2. The molecule has 2 aliphatic rings. The lowest BCUT2D eigenvalue weighted by atomic mass is 10.0. The van der Waals surface area contributed by atoms with Crippen LogP contribution < -0.4 is 10.2 Å². The minimum Gasteiger partial charge on any atom is -0.442 e. The summed E-state index contributed by atoms with van der Waals surface area (Å²) >= 11 is 0. The molecular formula is C16H15F2N3O3. The number of hydrogen-bond acceptors (Lipinski definition) is 3. The summed E-state index contributed by atoms with van der Waals surface area (Å²) in [6.45, 7) is 8.67. The summed E-state index contributed by atoms with van der Waals surface area (Å²) in [5.41, 5.74) is -1.31. The van der Waals surface area contributed by atoms with Crippen LogP contribution in [0.4, 0.5) is 19.3 Å². The van der Waals surface area contributed by atoms with Crippen molar-refractivity contribution in [3.8, 4) is 0 Å². The molecule has 2 fully saturated rings. The van der Waals surface area contributed by atoms with Gasteiger partial charge < -0.3 is 14.9 Å². The van der Waals surface area contributed by atoms with Crippen molar-refractivity contribution in [1.29, 1.82) is 0 Å². The summed E-state index contributed by atoms with van der Waals surface area (Å²) in [5, 5.41) is 2.52. The number of anilines is 1. The first-order valence-electron chi connectivity index (χ1n) is 7.47. The van der Waals surface area contributed by atoms with Gasteiger partial charge in [-0.3, -0.25) is 9.69 Å². The summed E-state index contributed by atoms with van der Waals surface area (Å²) in [4.78, 5) is 27.3. The van der Waals surface area contributed by atoms with Crippen LogP contribution in [0, 0.1) is 18.2 Å². The molecule has 3 rings (SSSR count). The van der Waals surface area contributed by atoms with E-state index in [1.54, 1.807) is 0 Å². The Kier molecular flexibility index (Phi) is 3.87. The second-order valence-electron chi connectivity index (χ2n) is 5.98. The number of rotatable bonds is 4. The third-order valence-corrected chi connectivity index (χ3v) is 4.19. The molecule has 1 aromatic rings. The van der Waals surface area contributed by atoms with Crippen molar-refractivity contribution < 1.29 is 23.1 Å². The van der Waals surface area contributed by atoms with E-state index >= 15 is 0 Å². The second-order valence-corrected chi connectivity index (χ2v) is 5.98. The highest BCUT2D eigenvalue weighted by Gasteiger charge is 2.56. The average Bonchev–Trinajstić information content (AvgIpc) is 3.20. The van der Waals surface area contributed by atoms with Crippen LogP contribution in [-0.2, 0) is 15.1 Å². The molecule has 0 spiro atoms. The van der Waals surface area contributed by atoms with Crippen LogP contribution in [0.5, 0.6) is 0 Å². The fourth-order valence-corrected chi connectivity index (χ4v) is 2.79. The van der Waals surface area contributed by atoms with E-state index in [1.807, 2.05) is 0 Å². The van der Waals surface area contributed by atoms with Gasteiger partial charge in [0.15, 0.2) is 0 Å². The van der Waals surface area contributed by atoms with Crippen molar-refractivity contribution in [1.82, 2.24) is 5.32 Å². The van der Waals surface area contributed by atoms with Gasteiger partial charge in [-0.05, 0) is 12.1 Å². The number of benzene rings is 1. The van der Waals surface area contributed by atoms with Crippen LogP contribution in [-0.4, -0.2) is 31.2 Å². The highest BCUT2D eigenvalue weighted by atomic mass is 19.1. The Hall–Kier alpha value is -2.69. The highest BCUT2D eigenvalue weighted by molar-refractivity contribution is 5.90. The average molecular weight is 335 g/mol. The van der Waals surface area contributed by atoms with Gasteiger partial charge in [0.25, 0.3) is 5.54 Å². The number of nitrogens with one attached hydrogen (secondary N) is 1. The van der Waals surface area contributed by atoms with E-state index in [1.165, 1.54) is 6.92 Å². The zero-order valence-electron chi connectivity index (χ0n) is 12.9. The third kappa shape index (κ3) is 2.77. The number of hydrogen-bond donors (Lipinski definition) is 1. The van der Waals surface area contributed by atoms with Gasteiger partial charge in [-0.15, -0.1) is 0 Å². The van der Waals surface area contributed by atoms with Crippen LogP contribution in [0.3, 0.4) is 0 Å². The molecule has 1 heterocycles. The summed E-state index contributed by atoms with van der Waals surface area (Å²) in [5.74, 6) is -1.94. The van der Waals surface area contributed by atoms with E-state index in [2.05, 4.69) is 10.2 Å². The normalized spacial score (nSPS) is 21.2. The number of nitrogens with zero attached hydrogens (tertiary/aromatic N) is 2. The molecule has 126 valence electrons. The zero-order valence-corrected chi connectivity index (χ0v) is 12.9. The lowest BCUT2D eigenvalue weighted by Crippen LogP contribution is -2.33. The lowest BCUT2D eigenvalue weighted by molar-refractivity contribution is -0.119. The Bertz CT molecular complexity index is 732. The minimum atomic E-state index is -1.11. The van der Waals surface area contributed by atoms with Crippen molar-refractivity contribution in [2.75, 3.05) is 18.0 Å². The number of carbonyl (C=O) groups is 2. The standard InChI is InChI=1S/C16H15F2N3O3/c1-9(22)20-7-11-8-21(15(23)24-11)10-5-12(17)14(13(18)6-10)16(19-2)3-4-16/h5-6,11H,3-4,7-8H2,1H3,(H,20,22). The zero-order chi connectivity index (χ0) is 17.5. The van der Waals surface area contributed by atoms with Crippen LogP contribution in [0.25, 0.3) is 4.85 Å². The number of amides is 2.